The summed E-state index contributed by atoms with van der Waals surface area (Å²) in [6.07, 6.45) is 3.67. The molecule has 5 nitrogen and oxygen atoms in total. The molecule has 0 rings (SSSR count). The van der Waals surface area contributed by atoms with Gasteiger partial charge in [0.05, 0.1) is 24.5 Å². The van der Waals surface area contributed by atoms with E-state index in [1.807, 2.05) is 0 Å². The summed E-state index contributed by atoms with van der Waals surface area (Å²) in [4.78, 5) is 11.2. The maximum absolute atomic E-state index is 11.8. The van der Waals surface area contributed by atoms with Gasteiger partial charge < -0.3 is 9.84 Å². The number of aliphatic hydroxyl groups excluding tert-OH is 1. The molecule has 0 saturated heterocycles. The van der Waals surface area contributed by atoms with Gasteiger partial charge in [0.15, 0.2) is 9.84 Å². The zero-order valence-electron chi connectivity index (χ0n) is 14.3. The number of aliphatic hydroxyl groups is 1. The second-order valence-electron chi connectivity index (χ2n) is 6.51. The number of ether oxygens (including phenoxy) is 1. The summed E-state index contributed by atoms with van der Waals surface area (Å²) in [6, 6.07) is 2.12. The highest BCUT2D eigenvalue weighted by Gasteiger charge is 2.19. The van der Waals surface area contributed by atoms with Crippen molar-refractivity contribution in [3.8, 4) is 0 Å². The Kier molecular flexibility index (Phi) is 11.0. The van der Waals surface area contributed by atoms with Gasteiger partial charge in [0, 0.05) is 14.7 Å². The third-order valence-electron chi connectivity index (χ3n) is 3.77. The van der Waals surface area contributed by atoms with Crippen molar-refractivity contribution in [3.63, 3.8) is 0 Å². The highest BCUT2D eigenvalue weighted by atomic mass is 32.2. The van der Waals surface area contributed by atoms with Crippen LogP contribution in [-0.2, 0) is 19.4 Å². The lowest BCUT2D eigenvalue weighted by molar-refractivity contribution is -0.142. The normalized spacial score (nSPS) is 12.4. The van der Waals surface area contributed by atoms with Gasteiger partial charge in [-0.1, -0.05) is 38.4 Å². The second-order valence-corrected chi connectivity index (χ2v) is 14.1. The summed E-state index contributed by atoms with van der Waals surface area (Å²) < 4.78 is 28.3. The number of rotatable bonds is 13. The fourth-order valence-corrected chi connectivity index (χ4v) is 5.67. The summed E-state index contributed by atoms with van der Waals surface area (Å²) in [6.45, 7) is 6.83. The standard InChI is InChI=1S/C15H32O5SSi/c1-4-20-15(17)9-12-21(18,19)11-7-5-6-8-13-22(2,3)14-10-16/h16H,4-14H2,1-3H3. The topological polar surface area (TPSA) is 80.7 Å². The van der Waals surface area contributed by atoms with Crippen LogP contribution in [0.15, 0.2) is 0 Å². The number of hydrogen-bond acceptors (Lipinski definition) is 5. The molecule has 0 aliphatic rings. The van der Waals surface area contributed by atoms with E-state index < -0.39 is 23.9 Å². The van der Waals surface area contributed by atoms with Gasteiger partial charge in [-0.15, -0.1) is 0 Å². The molecular weight excluding hydrogens is 320 g/mol. The Bertz CT molecular complexity index is 406. The van der Waals surface area contributed by atoms with E-state index in [1.54, 1.807) is 6.92 Å². The molecule has 0 atom stereocenters. The lowest BCUT2D eigenvalue weighted by Crippen LogP contribution is -2.26. The predicted molar refractivity (Wildman–Crippen MR) is 92.6 cm³/mol. The van der Waals surface area contributed by atoms with Crippen LogP contribution in [-0.4, -0.2) is 52.3 Å². The van der Waals surface area contributed by atoms with Crippen molar-refractivity contribution in [2.45, 2.75) is 64.2 Å². The van der Waals surface area contributed by atoms with Crippen LogP contribution < -0.4 is 0 Å². The van der Waals surface area contributed by atoms with E-state index in [2.05, 4.69) is 13.1 Å². The van der Waals surface area contributed by atoms with Crippen LogP contribution in [0.4, 0.5) is 0 Å². The van der Waals surface area contributed by atoms with Gasteiger partial charge in [0.2, 0.25) is 0 Å². The molecule has 0 radical (unpaired) electrons. The molecule has 0 fully saturated rings. The number of carbonyl (C=O) groups is 1. The summed E-state index contributed by atoms with van der Waals surface area (Å²) in [7, 11) is -4.40. The van der Waals surface area contributed by atoms with Crippen molar-refractivity contribution in [1.82, 2.24) is 0 Å². The third kappa shape index (κ3) is 12.2. The molecule has 0 aromatic carbocycles. The van der Waals surface area contributed by atoms with Crippen LogP contribution in [0.5, 0.6) is 0 Å². The SMILES string of the molecule is CCOC(=O)CCS(=O)(=O)CCCCCC[Si](C)(C)CCO. The predicted octanol–water partition coefficient (Wildman–Crippen LogP) is 2.62. The quantitative estimate of drug-likeness (QED) is 0.313. The Hall–Kier alpha value is -0.403. The minimum Gasteiger partial charge on any atom is -0.466 e. The van der Waals surface area contributed by atoms with Crippen LogP contribution in [0.1, 0.15) is 39.0 Å². The molecule has 22 heavy (non-hydrogen) atoms. The molecule has 132 valence electrons. The van der Waals surface area contributed by atoms with E-state index in [-0.39, 0.29) is 31.1 Å². The van der Waals surface area contributed by atoms with Crippen molar-refractivity contribution in [2.24, 2.45) is 0 Å². The number of unbranched alkanes of at least 4 members (excludes halogenated alkanes) is 3. The first-order valence-corrected chi connectivity index (χ1v) is 13.4. The van der Waals surface area contributed by atoms with Gasteiger partial charge in [-0.05, 0) is 19.4 Å². The molecule has 0 aliphatic heterocycles. The molecule has 0 heterocycles. The smallest absolute Gasteiger partial charge is 0.306 e. The molecule has 0 unspecified atom stereocenters. The fourth-order valence-electron chi connectivity index (χ4n) is 2.28. The maximum Gasteiger partial charge on any atom is 0.306 e. The van der Waals surface area contributed by atoms with Crippen molar-refractivity contribution in [1.29, 1.82) is 0 Å². The molecule has 0 aliphatic carbocycles. The number of hydrogen-bond donors (Lipinski definition) is 1. The Labute approximate surface area is 136 Å². The first-order valence-electron chi connectivity index (χ1n) is 8.19. The van der Waals surface area contributed by atoms with Gasteiger partial charge >= 0.3 is 5.97 Å². The van der Waals surface area contributed by atoms with E-state index in [4.69, 9.17) is 9.84 Å². The van der Waals surface area contributed by atoms with Crippen molar-refractivity contribution >= 4 is 23.9 Å². The molecular formula is C15H32O5SSi. The maximum atomic E-state index is 11.8. The fraction of sp³-hybridized carbons (Fsp3) is 0.933. The Morgan fingerprint density at radius 2 is 1.68 bits per heavy atom. The van der Waals surface area contributed by atoms with E-state index in [1.165, 1.54) is 6.04 Å². The largest absolute Gasteiger partial charge is 0.466 e. The molecule has 1 N–H and O–H groups in total. The Morgan fingerprint density at radius 3 is 2.27 bits per heavy atom. The van der Waals surface area contributed by atoms with Crippen LogP contribution >= 0.6 is 0 Å². The van der Waals surface area contributed by atoms with Crippen molar-refractivity contribution in [2.75, 3.05) is 24.7 Å². The van der Waals surface area contributed by atoms with E-state index in [0.717, 1.165) is 25.3 Å². The summed E-state index contributed by atoms with van der Waals surface area (Å²) in [5, 5.41) is 8.99. The lowest BCUT2D eigenvalue weighted by atomic mass is 10.2. The van der Waals surface area contributed by atoms with E-state index >= 15 is 0 Å². The van der Waals surface area contributed by atoms with Gasteiger partial charge in [-0.25, -0.2) is 8.42 Å². The Morgan fingerprint density at radius 1 is 1.05 bits per heavy atom. The molecule has 0 aromatic heterocycles. The van der Waals surface area contributed by atoms with Gasteiger partial charge in [0.1, 0.15) is 0 Å². The van der Waals surface area contributed by atoms with Crippen LogP contribution in [0.25, 0.3) is 0 Å². The zero-order valence-corrected chi connectivity index (χ0v) is 16.1. The van der Waals surface area contributed by atoms with E-state index in [0.29, 0.717) is 6.42 Å². The van der Waals surface area contributed by atoms with Gasteiger partial charge in [-0.3, -0.25) is 4.79 Å². The average molecular weight is 353 g/mol. The Balaban J connectivity index is 3.75. The summed E-state index contributed by atoms with van der Waals surface area (Å²) >= 11 is 0. The molecule has 0 amide bonds. The highest BCUT2D eigenvalue weighted by molar-refractivity contribution is 7.91. The zero-order chi connectivity index (χ0) is 17.1. The number of sulfone groups is 1. The summed E-state index contributed by atoms with van der Waals surface area (Å²) in [5.41, 5.74) is 0. The van der Waals surface area contributed by atoms with Crippen LogP contribution in [0.2, 0.25) is 25.2 Å². The number of carbonyl (C=O) groups excluding carboxylic acids is 1. The van der Waals surface area contributed by atoms with Crippen molar-refractivity contribution in [3.05, 3.63) is 0 Å². The van der Waals surface area contributed by atoms with E-state index in [9.17, 15) is 13.2 Å². The average Bonchev–Trinajstić information content (AvgIpc) is 2.41. The monoisotopic (exact) mass is 352 g/mol. The first-order chi connectivity index (χ1) is 10.2. The van der Waals surface area contributed by atoms with Crippen LogP contribution in [0.3, 0.4) is 0 Å². The third-order valence-corrected chi connectivity index (χ3v) is 8.79. The molecule has 0 spiro atoms. The number of esters is 1. The molecule has 7 heteroatoms. The van der Waals surface area contributed by atoms with Gasteiger partial charge in [-0.2, -0.15) is 0 Å². The second kappa shape index (κ2) is 11.2. The van der Waals surface area contributed by atoms with Gasteiger partial charge in [0.25, 0.3) is 0 Å². The minimum absolute atomic E-state index is 0.0445. The van der Waals surface area contributed by atoms with Crippen LogP contribution in [0, 0.1) is 0 Å². The highest BCUT2D eigenvalue weighted by Crippen LogP contribution is 2.19. The lowest BCUT2D eigenvalue weighted by Gasteiger charge is -2.20. The minimum atomic E-state index is -3.14. The first kappa shape index (κ1) is 21.6. The summed E-state index contributed by atoms with van der Waals surface area (Å²) in [5.74, 6) is -0.395. The molecule has 0 aromatic rings. The molecule has 0 bridgehead atoms. The van der Waals surface area contributed by atoms with Crippen molar-refractivity contribution < 1.29 is 23.1 Å². The molecule has 0 saturated carbocycles.